The first-order valence-electron chi connectivity index (χ1n) is 7.57. The van der Waals surface area contributed by atoms with Gasteiger partial charge in [-0.15, -0.1) is 0 Å². The molecular formula is C17H28N2. The summed E-state index contributed by atoms with van der Waals surface area (Å²) >= 11 is 0. The molecule has 1 fully saturated rings. The summed E-state index contributed by atoms with van der Waals surface area (Å²) in [6.45, 7) is 11.3. The average molecular weight is 260 g/mol. The Bertz CT molecular complexity index is 386. The van der Waals surface area contributed by atoms with Crippen molar-refractivity contribution in [1.82, 2.24) is 4.90 Å². The van der Waals surface area contributed by atoms with Gasteiger partial charge in [-0.2, -0.15) is 0 Å². The van der Waals surface area contributed by atoms with Crippen LogP contribution in [0.1, 0.15) is 57.2 Å². The third-order valence-electron chi connectivity index (χ3n) is 4.35. The van der Waals surface area contributed by atoms with E-state index in [9.17, 15) is 0 Å². The van der Waals surface area contributed by atoms with Crippen LogP contribution in [0.5, 0.6) is 0 Å². The van der Waals surface area contributed by atoms with E-state index < -0.39 is 0 Å². The van der Waals surface area contributed by atoms with Crippen LogP contribution in [0.25, 0.3) is 0 Å². The number of hydrogen-bond donors (Lipinski definition) is 1. The lowest BCUT2D eigenvalue weighted by Crippen LogP contribution is -2.47. The lowest BCUT2D eigenvalue weighted by Gasteiger charge is -2.38. The number of nitrogens with two attached hydrogens (primary N) is 1. The van der Waals surface area contributed by atoms with E-state index in [-0.39, 0.29) is 0 Å². The van der Waals surface area contributed by atoms with Crippen LogP contribution < -0.4 is 5.73 Å². The Morgan fingerprint density at radius 1 is 1.05 bits per heavy atom. The van der Waals surface area contributed by atoms with Crippen molar-refractivity contribution in [2.75, 3.05) is 13.1 Å². The Kier molecular flexibility index (Phi) is 4.64. The summed E-state index contributed by atoms with van der Waals surface area (Å²) in [7, 11) is 0. The Morgan fingerprint density at radius 2 is 1.63 bits per heavy atom. The van der Waals surface area contributed by atoms with Crippen LogP contribution in [0.2, 0.25) is 0 Å². The SMILES string of the molecule is CC1CC(N)CN(C(C)c2ccc(C(C)C)cc2)C1. The fourth-order valence-corrected chi connectivity index (χ4v) is 3.13. The molecule has 1 aliphatic rings. The lowest BCUT2D eigenvalue weighted by molar-refractivity contribution is 0.124. The summed E-state index contributed by atoms with van der Waals surface area (Å²) in [5, 5.41) is 0. The number of piperidine rings is 1. The molecule has 2 N–H and O–H groups in total. The van der Waals surface area contributed by atoms with Crippen LogP contribution in [0.3, 0.4) is 0 Å². The zero-order valence-corrected chi connectivity index (χ0v) is 12.8. The van der Waals surface area contributed by atoms with E-state index in [2.05, 4.69) is 56.9 Å². The highest BCUT2D eigenvalue weighted by molar-refractivity contribution is 5.26. The molecule has 19 heavy (non-hydrogen) atoms. The second-order valence-corrected chi connectivity index (χ2v) is 6.55. The van der Waals surface area contributed by atoms with Crippen LogP contribution in [-0.2, 0) is 0 Å². The maximum atomic E-state index is 6.15. The van der Waals surface area contributed by atoms with Gasteiger partial charge in [-0.25, -0.2) is 0 Å². The highest BCUT2D eigenvalue weighted by Crippen LogP contribution is 2.27. The van der Waals surface area contributed by atoms with Gasteiger partial charge in [0, 0.05) is 25.2 Å². The Hall–Kier alpha value is -0.860. The van der Waals surface area contributed by atoms with Crippen LogP contribution in [-0.4, -0.2) is 24.0 Å². The topological polar surface area (TPSA) is 29.3 Å². The molecule has 0 aromatic heterocycles. The van der Waals surface area contributed by atoms with Crippen molar-refractivity contribution in [2.45, 2.75) is 52.1 Å². The van der Waals surface area contributed by atoms with Crippen LogP contribution in [0.4, 0.5) is 0 Å². The summed E-state index contributed by atoms with van der Waals surface area (Å²) in [5.74, 6) is 1.31. The first-order chi connectivity index (χ1) is 8.97. The Balaban J connectivity index is 2.08. The molecule has 106 valence electrons. The fraction of sp³-hybridized carbons (Fsp3) is 0.647. The summed E-state index contributed by atoms with van der Waals surface area (Å²) in [6.07, 6.45) is 1.16. The molecule has 1 aliphatic heterocycles. The second kappa shape index (κ2) is 6.06. The number of benzene rings is 1. The van der Waals surface area contributed by atoms with Gasteiger partial charge < -0.3 is 5.73 Å². The first-order valence-corrected chi connectivity index (χ1v) is 7.57. The van der Waals surface area contributed by atoms with Crippen LogP contribution in [0.15, 0.2) is 24.3 Å². The largest absolute Gasteiger partial charge is 0.327 e. The molecule has 1 saturated heterocycles. The molecule has 3 atom stereocenters. The van der Waals surface area contributed by atoms with Crippen molar-refractivity contribution in [3.8, 4) is 0 Å². The molecule has 0 amide bonds. The van der Waals surface area contributed by atoms with Crippen molar-refractivity contribution in [3.63, 3.8) is 0 Å². The third kappa shape index (κ3) is 3.58. The van der Waals surface area contributed by atoms with Gasteiger partial charge in [0.2, 0.25) is 0 Å². The van der Waals surface area contributed by atoms with E-state index >= 15 is 0 Å². The van der Waals surface area contributed by atoms with E-state index in [4.69, 9.17) is 5.73 Å². The van der Waals surface area contributed by atoms with Gasteiger partial charge in [-0.1, -0.05) is 45.0 Å². The van der Waals surface area contributed by atoms with Crippen LogP contribution >= 0.6 is 0 Å². The zero-order chi connectivity index (χ0) is 14.0. The fourth-order valence-electron chi connectivity index (χ4n) is 3.13. The summed E-state index contributed by atoms with van der Waals surface area (Å²) in [6, 6.07) is 9.90. The van der Waals surface area contributed by atoms with Gasteiger partial charge in [-0.05, 0) is 36.3 Å². The molecule has 1 aromatic rings. The van der Waals surface area contributed by atoms with Crippen molar-refractivity contribution >= 4 is 0 Å². The third-order valence-corrected chi connectivity index (χ3v) is 4.35. The molecule has 0 saturated carbocycles. The lowest BCUT2D eigenvalue weighted by atomic mass is 9.93. The molecule has 3 unspecified atom stereocenters. The van der Waals surface area contributed by atoms with Gasteiger partial charge in [0.15, 0.2) is 0 Å². The summed E-state index contributed by atoms with van der Waals surface area (Å²) in [5.41, 5.74) is 8.98. The van der Waals surface area contributed by atoms with Crippen molar-refractivity contribution in [1.29, 1.82) is 0 Å². The van der Waals surface area contributed by atoms with Gasteiger partial charge >= 0.3 is 0 Å². The average Bonchev–Trinajstić information content (AvgIpc) is 2.37. The first kappa shape index (κ1) is 14.5. The molecule has 0 spiro atoms. The summed E-state index contributed by atoms with van der Waals surface area (Å²) in [4.78, 5) is 2.53. The Labute approximate surface area is 118 Å². The standard InChI is InChI=1S/C17H28N2/c1-12(2)15-5-7-16(8-6-15)14(4)19-10-13(3)9-17(18)11-19/h5-8,12-14,17H,9-11,18H2,1-4H3. The summed E-state index contributed by atoms with van der Waals surface area (Å²) < 4.78 is 0. The molecule has 2 rings (SSSR count). The van der Waals surface area contributed by atoms with Crippen molar-refractivity contribution < 1.29 is 0 Å². The number of rotatable bonds is 3. The number of likely N-dealkylation sites (tertiary alicyclic amines) is 1. The molecule has 0 radical (unpaired) electrons. The molecule has 1 aromatic carbocycles. The minimum atomic E-state index is 0.334. The van der Waals surface area contributed by atoms with Gasteiger partial charge in [0.05, 0.1) is 0 Å². The van der Waals surface area contributed by atoms with E-state index in [0.29, 0.717) is 23.9 Å². The highest BCUT2D eigenvalue weighted by atomic mass is 15.2. The predicted molar refractivity (Wildman–Crippen MR) is 82.3 cm³/mol. The molecular weight excluding hydrogens is 232 g/mol. The number of nitrogens with zero attached hydrogens (tertiary/aromatic N) is 1. The molecule has 1 heterocycles. The monoisotopic (exact) mass is 260 g/mol. The van der Waals surface area contributed by atoms with Gasteiger partial charge in [0.1, 0.15) is 0 Å². The smallest absolute Gasteiger partial charge is 0.0320 e. The maximum absolute atomic E-state index is 6.15. The molecule has 0 bridgehead atoms. The predicted octanol–water partition coefficient (Wildman–Crippen LogP) is 3.54. The van der Waals surface area contributed by atoms with Crippen molar-refractivity contribution in [2.24, 2.45) is 11.7 Å². The second-order valence-electron chi connectivity index (χ2n) is 6.55. The maximum Gasteiger partial charge on any atom is 0.0320 e. The minimum absolute atomic E-state index is 0.334. The minimum Gasteiger partial charge on any atom is -0.327 e. The Morgan fingerprint density at radius 3 is 2.16 bits per heavy atom. The van der Waals surface area contributed by atoms with E-state index in [1.165, 1.54) is 17.7 Å². The number of hydrogen-bond acceptors (Lipinski definition) is 2. The molecule has 2 heteroatoms. The zero-order valence-electron chi connectivity index (χ0n) is 12.8. The van der Waals surface area contributed by atoms with E-state index in [1.807, 2.05) is 0 Å². The highest BCUT2D eigenvalue weighted by Gasteiger charge is 2.26. The van der Waals surface area contributed by atoms with Crippen molar-refractivity contribution in [3.05, 3.63) is 35.4 Å². The van der Waals surface area contributed by atoms with Crippen LogP contribution in [0, 0.1) is 5.92 Å². The van der Waals surface area contributed by atoms with E-state index in [1.54, 1.807) is 0 Å². The van der Waals surface area contributed by atoms with E-state index in [0.717, 1.165) is 13.0 Å². The molecule has 2 nitrogen and oxygen atoms in total. The normalized spacial score (nSPS) is 26.6. The quantitative estimate of drug-likeness (QED) is 0.900. The van der Waals surface area contributed by atoms with Gasteiger partial charge in [0.25, 0.3) is 0 Å². The van der Waals surface area contributed by atoms with Gasteiger partial charge in [-0.3, -0.25) is 4.90 Å². The molecule has 0 aliphatic carbocycles.